The van der Waals surface area contributed by atoms with Gasteiger partial charge in [0.1, 0.15) is 12.1 Å². The molecular weight excluding hydrogens is 506 g/mol. The molecule has 2 fully saturated rings. The standard InChI is InChI=1S/C24H18BrN3O6/c25-16-9-7-13(8-10-16)19(29)12-26(22(30)17-3-1-2-4-18(17)28(33)34)27-23(31)20-14-5-6-15(11-14)21(20)24(27)32/h1-10,14-15,20-21H,11-12H2/t14-,15-,20-,21-/m0/s1. The number of imide groups is 1. The number of hydrazine groups is 1. The minimum absolute atomic E-state index is 0.0957. The largest absolute Gasteiger partial charge is 0.292 e. The van der Waals surface area contributed by atoms with E-state index in [4.69, 9.17) is 0 Å². The number of nitro groups is 1. The summed E-state index contributed by atoms with van der Waals surface area (Å²) in [6.45, 7) is -0.619. The van der Waals surface area contributed by atoms with Gasteiger partial charge in [0.25, 0.3) is 23.4 Å². The molecule has 2 aliphatic carbocycles. The normalized spacial score (nSPS) is 24.4. The molecule has 9 nitrogen and oxygen atoms in total. The number of hydrogen-bond donors (Lipinski definition) is 0. The monoisotopic (exact) mass is 523 g/mol. The number of Topliss-reactive ketones (excluding diaryl/α,β-unsaturated/α-hetero) is 1. The molecule has 0 aromatic heterocycles. The summed E-state index contributed by atoms with van der Waals surface area (Å²) in [5.41, 5.74) is -0.519. The highest BCUT2D eigenvalue weighted by molar-refractivity contribution is 9.10. The molecule has 4 atom stereocenters. The van der Waals surface area contributed by atoms with Crippen LogP contribution in [0.5, 0.6) is 0 Å². The summed E-state index contributed by atoms with van der Waals surface area (Å²) in [7, 11) is 0. The van der Waals surface area contributed by atoms with E-state index in [0.29, 0.717) is 6.42 Å². The van der Waals surface area contributed by atoms with Gasteiger partial charge >= 0.3 is 0 Å². The Hall–Kier alpha value is -3.66. The van der Waals surface area contributed by atoms with E-state index in [2.05, 4.69) is 15.9 Å². The zero-order chi connectivity index (χ0) is 24.1. The Labute approximate surface area is 202 Å². The van der Waals surface area contributed by atoms with Crippen molar-refractivity contribution < 1.29 is 24.1 Å². The van der Waals surface area contributed by atoms with Crippen LogP contribution in [0.2, 0.25) is 0 Å². The van der Waals surface area contributed by atoms with Crippen LogP contribution in [0.4, 0.5) is 5.69 Å². The average Bonchev–Trinajstić information content (AvgIpc) is 3.51. The third-order valence-electron chi connectivity index (χ3n) is 6.71. The number of nitro benzene ring substituents is 1. The lowest BCUT2D eigenvalue weighted by molar-refractivity contribution is -0.385. The number of hydrogen-bond acceptors (Lipinski definition) is 6. The highest BCUT2D eigenvalue weighted by Crippen LogP contribution is 2.52. The fraction of sp³-hybridized carbons (Fsp3) is 0.250. The summed E-state index contributed by atoms with van der Waals surface area (Å²) >= 11 is 3.29. The highest BCUT2D eigenvalue weighted by atomic mass is 79.9. The SMILES string of the molecule is O=C(CN(C(=O)c1ccccc1[N+](=O)[O-])N1C(=O)[C@@H]2[C@@H](C1=O)[C@H]1C=C[C@H]2C1)c1ccc(Br)cc1. The Kier molecular flexibility index (Phi) is 5.40. The number of fused-ring (bicyclic) bond motifs is 5. The minimum atomic E-state index is -0.959. The first-order valence-electron chi connectivity index (χ1n) is 10.7. The second kappa shape index (κ2) is 8.28. The van der Waals surface area contributed by atoms with E-state index in [1.807, 2.05) is 12.2 Å². The van der Waals surface area contributed by atoms with Crippen LogP contribution in [0.15, 0.2) is 65.2 Å². The first-order valence-corrected chi connectivity index (χ1v) is 11.5. The van der Waals surface area contributed by atoms with E-state index in [0.717, 1.165) is 20.6 Å². The Morgan fingerprint density at radius 2 is 1.59 bits per heavy atom. The molecule has 10 heteroatoms. The predicted octanol–water partition coefficient (Wildman–Crippen LogP) is 3.40. The van der Waals surface area contributed by atoms with Crippen molar-refractivity contribution in [3.05, 3.63) is 86.4 Å². The number of carbonyl (C=O) groups is 4. The Morgan fingerprint density at radius 1 is 1.00 bits per heavy atom. The van der Waals surface area contributed by atoms with E-state index in [-0.39, 0.29) is 23.0 Å². The molecule has 1 saturated carbocycles. The molecule has 0 N–H and O–H groups in total. The van der Waals surface area contributed by atoms with E-state index in [1.165, 1.54) is 18.2 Å². The number of nitrogens with zero attached hydrogens (tertiary/aromatic N) is 3. The molecule has 34 heavy (non-hydrogen) atoms. The van der Waals surface area contributed by atoms with Crippen molar-refractivity contribution >= 4 is 45.1 Å². The van der Waals surface area contributed by atoms with Crippen LogP contribution < -0.4 is 0 Å². The molecule has 0 spiro atoms. The molecular formula is C24H18BrN3O6. The van der Waals surface area contributed by atoms with Crippen molar-refractivity contribution in [1.82, 2.24) is 10.0 Å². The second-order valence-corrected chi connectivity index (χ2v) is 9.47. The summed E-state index contributed by atoms with van der Waals surface area (Å²) in [5.74, 6) is -3.95. The van der Waals surface area contributed by atoms with Crippen molar-refractivity contribution in [2.75, 3.05) is 6.54 Å². The van der Waals surface area contributed by atoms with Crippen LogP contribution in [0.1, 0.15) is 27.1 Å². The number of carbonyl (C=O) groups excluding carboxylic acids is 4. The maximum atomic E-state index is 13.6. The second-order valence-electron chi connectivity index (χ2n) is 8.56. The molecule has 2 aromatic carbocycles. The zero-order valence-corrected chi connectivity index (χ0v) is 19.3. The lowest BCUT2D eigenvalue weighted by Crippen LogP contribution is -2.52. The number of ketones is 1. The van der Waals surface area contributed by atoms with Crippen molar-refractivity contribution in [2.45, 2.75) is 6.42 Å². The molecule has 3 amide bonds. The maximum Gasteiger partial charge on any atom is 0.282 e. The average molecular weight is 524 g/mol. The number of para-hydroxylation sites is 1. The number of amides is 3. The van der Waals surface area contributed by atoms with Gasteiger partial charge in [-0.2, -0.15) is 5.01 Å². The Bertz CT molecular complexity index is 1240. The van der Waals surface area contributed by atoms with Gasteiger partial charge in [0, 0.05) is 16.1 Å². The first-order chi connectivity index (χ1) is 16.3. The quantitative estimate of drug-likeness (QED) is 0.188. The number of benzene rings is 2. The Morgan fingerprint density at radius 3 is 2.18 bits per heavy atom. The summed E-state index contributed by atoms with van der Waals surface area (Å²) in [4.78, 5) is 64.2. The van der Waals surface area contributed by atoms with Crippen LogP contribution in [-0.4, -0.2) is 45.0 Å². The molecule has 1 aliphatic heterocycles. The van der Waals surface area contributed by atoms with Crippen molar-refractivity contribution in [3.63, 3.8) is 0 Å². The van der Waals surface area contributed by atoms with Gasteiger partial charge in [-0.3, -0.25) is 29.3 Å². The molecule has 5 rings (SSSR count). The summed E-state index contributed by atoms with van der Waals surface area (Å²) < 4.78 is 0.748. The topological polar surface area (TPSA) is 118 Å². The van der Waals surface area contributed by atoms with Gasteiger partial charge in [0.2, 0.25) is 0 Å². The fourth-order valence-corrected chi connectivity index (χ4v) is 5.44. The van der Waals surface area contributed by atoms with E-state index >= 15 is 0 Å². The number of rotatable bonds is 6. The smallest absolute Gasteiger partial charge is 0.282 e. The summed E-state index contributed by atoms with van der Waals surface area (Å²) in [5, 5.41) is 13.1. The van der Waals surface area contributed by atoms with Gasteiger partial charge in [-0.15, -0.1) is 0 Å². The van der Waals surface area contributed by atoms with Gasteiger partial charge < -0.3 is 0 Å². The zero-order valence-electron chi connectivity index (χ0n) is 17.7. The molecule has 3 aliphatic rings. The van der Waals surface area contributed by atoms with Gasteiger partial charge in [0.15, 0.2) is 5.78 Å². The van der Waals surface area contributed by atoms with Gasteiger partial charge in [-0.25, -0.2) is 5.01 Å². The third kappa shape index (κ3) is 3.45. The van der Waals surface area contributed by atoms with E-state index in [1.54, 1.807) is 24.3 Å². The van der Waals surface area contributed by atoms with Gasteiger partial charge in [-0.1, -0.05) is 52.3 Å². The van der Waals surface area contributed by atoms with Gasteiger partial charge in [0.05, 0.1) is 16.8 Å². The molecule has 2 aromatic rings. The van der Waals surface area contributed by atoms with Crippen LogP contribution in [0.25, 0.3) is 0 Å². The van der Waals surface area contributed by atoms with Crippen LogP contribution in [0, 0.1) is 33.8 Å². The summed E-state index contributed by atoms with van der Waals surface area (Å²) in [6.07, 6.45) is 4.54. The highest BCUT2D eigenvalue weighted by Gasteiger charge is 2.61. The number of allylic oxidation sites excluding steroid dienone is 2. The Balaban J connectivity index is 1.54. The lowest BCUT2D eigenvalue weighted by Gasteiger charge is -2.30. The van der Waals surface area contributed by atoms with Crippen molar-refractivity contribution in [1.29, 1.82) is 0 Å². The molecule has 0 radical (unpaired) electrons. The van der Waals surface area contributed by atoms with Crippen molar-refractivity contribution in [3.8, 4) is 0 Å². The molecule has 1 saturated heterocycles. The molecule has 172 valence electrons. The van der Waals surface area contributed by atoms with Crippen LogP contribution in [-0.2, 0) is 9.59 Å². The minimum Gasteiger partial charge on any atom is -0.292 e. The van der Waals surface area contributed by atoms with Crippen LogP contribution in [0.3, 0.4) is 0 Å². The van der Waals surface area contributed by atoms with E-state index < -0.39 is 52.5 Å². The molecule has 1 heterocycles. The lowest BCUT2D eigenvalue weighted by atomic mass is 9.85. The van der Waals surface area contributed by atoms with Crippen LogP contribution >= 0.6 is 15.9 Å². The molecule has 0 unspecified atom stereocenters. The fourth-order valence-electron chi connectivity index (χ4n) is 5.17. The first kappa shape index (κ1) is 22.1. The van der Waals surface area contributed by atoms with Crippen molar-refractivity contribution in [2.24, 2.45) is 23.7 Å². The molecule has 2 bridgehead atoms. The maximum absolute atomic E-state index is 13.6. The van der Waals surface area contributed by atoms with E-state index in [9.17, 15) is 29.3 Å². The van der Waals surface area contributed by atoms with Gasteiger partial charge in [-0.05, 0) is 36.5 Å². The number of halogens is 1. The predicted molar refractivity (Wildman–Crippen MR) is 122 cm³/mol. The summed E-state index contributed by atoms with van der Waals surface area (Å²) in [6, 6.07) is 11.7. The third-order valence-corrected chi connectivity index (χ3v) is 7.24.